The van der Waals surface area contributed by atoms with E-state index in [9.17, 15) is 9.59 Å². The average molecular weight is 587 g/mol. The van der Waals surface area contributed by atoms with Gasteiger partial charge in [0.1, 0.15) is 0 Å². The van der Waals surface area contributed by atoms with Crippen molar-refractivity contribution in [2.24, 2.45) is 4.99 Å². The van der Waals surface area contributed by atoms with E-state index in [0.717, 1.165) is 10.0 Å². The summed E-state index contributed by atoms with van der Waals surface area (Å²) in [5.41, 5.74) is 1.89. The van der Waals surface area contributed by atoms with Crippen molar-refractivity contribution < 1.29 is 28.5 Å². The Hall–Kier alpha value is -3.57. The normalized spacial score (nSPS) is 16.4. The van der Waals surface area contributed by atoms with Gasteiger partial charge in [-0.3, -0.25) is 9.36 Å². The summed E-state index contributed by atoms with van der Waals surface area (Å²) in [4.78, 5) is 32.0. The van der Waals surface area contributed by atoms with Gasteiger partial charge in [0.25, 0.3) is 5.56 Å². The molecule has 0 N–H and O–H groups in total. The number of methoxy groups -OCH3 is 2. The predicted octanol–water partition coefficient (Wildman–Crippen LogP) is 3.31. The fraction of sp³-hybridized carbons (Fsp3) is 0.269. The van der Waals surface area contributed by atoms with Crippen LogP contribution >= 0.6 is 27.3 Å². The number of rotatable bonds is 6. The number of thiazole rings is 1. The van der Waals surface area contributed by atoms with Crippen LogP contribution in [0.1, 0.15) is 31.0 Å². The van der Waals surface area contributed by atoms with E-state index in [1.165, 1.54) is 23.0 Å². The molecule has 3 aromatic rings. The molecule has 0 saturated carbocycles. The summed E-state index contributed by atoms with van der Waals surface area (Å²) < 4.78 is 29.9. The van der Waals surface area contributed by atoms with Crippen molar-refractivity contribution in [3.8, 4) is 23.0 Å². The fourth-order valence-corrected chi connectivity index (χ4v) is 5.79. The first-order valence-electron chi connectivity index (χ1n) is 11.4. The number of hydrogen-bond donors (Lipinski definition) is 0. The first-order chi connectivity index (χ1) is 17.9. The van der Waals surface area contributed by atoms with Crippen LogP contribution in [0.25, 0.3) is 6.08 Å². The molecule has 0 radical (unpaired) electrons. The summed E-state index contributed by atoms with van der Waals surface area (Å²) in [5, 5.41) is 0. The Morgan fingerprint density at radius 3 is 2.62 bits per heavy atom. The first kappa shape index (κ1) is 25.1. The van der Waals surface area contributed by atoms with Crippen molar-refractivity contribution in [2.45, 2.75) is 19.9 Å². The molecule has 0 amide bonds. The smallest absolute Gasteiger partial charge is 0.338 e. The van der Waals surface area contributed by atoms with Gasteiger partial charge in [0, 0.05) is 4.47 Å². The van der Waals surface area contributed by atoms with Crippen molar-refractivity contribution in [1.29, 1.82) is 0 Å². The van der Waals surface area contributed by atoms with E-state index >= 15 is 0 Å². The molecule has 1 unspecified atom stereocenters. The van der Waals surface area contributed by atoms with Crippen LogP contribution in [0.15, 0.2) is 55.9 Å². The maximum atomic E-state index is 13.8. The van der Waals surface area contributed by atoms with E-state index < -0.39 is 12.0 Å². The summed E-state index contributed by atoms with van der Waals surface area (Å²) in [6.07, 6.45) is 1.77. The maximum Gasteiger partial charge on any atom is 0.338 e. The highest BCUT2D eigenvalue weighted by Gasteiger charge is 2.34. The minimum absolute atomic E-state index is 0.147. The van der Waals surface area contributed by atoms with Crippen LogP contribution in [-0.2, 0) is 9.53 Å². The molecule has 0 aliphatic carbocycles. The van der Waals surface area contributed by atoms with E-state index in [4.69, 9.17) is 23.7 Å². The molecule has 1 atom stereocenters. The zero-order chi connectivity index (χ0) is 26.3. The van der Waals surface area contributed by atoms with E-state index in [-0.39, 0.29) is 24.5 Å². The SMILES string of the molecule is CCOC(=O)C1=C(C)N=c2sc(=Cc3cc4c(cc3Br)OCO4)c(=O)n2C1c1ccc(OC)c(OC)c1. The number of carbonyl (C=O) groups is 1. The summed E-state index contributed by atoms with van der Waals surface area (Å²) in [5.74, 6) is 1.71. The number of nitrogens with zero attached hydrogens (tertiary/aromatic N) is 2. The second kappa shape index (κ2) is 10.1. The Kier molecular flexibility index (Phi) is 6.82. The van der Waals surface area contributed by atoms with Crippen LogP contribution in [0.2, 0.25) is 0 Å². The average Bonchev–Trinajstić information content (AvgIpc) is 3.46. The molecule has 0 bridgehead atoms. The summed E-state index contributed by atoms with van der Waals surface area (Å²) in [7, 11) is 3.08. The Morgan fingerprint density at radius 1 is 1.19 bits per heavy atom. The number of ether oxygens (including phenoxy) is 5. The molecule has 1 aromatic heterocycles. The molecular weight excluding hydrogens is 564 g/mol. The Bertz CT molecular complexity index is 1620. The quantitative estimate of drug-likeness (QED) is 0.409. The zero-order valence-electron chi connectivity index (χ0n) is 20.5. The Labute approximate surface area is 224 Å². The largest absolute Gasteiger partial charge is 0.493 e. The van der Waals surface area contributed by atoms with Crippen LogP contribution in [0.5, 0.6) is 23.0 Å². The van der Waals surface area contributed by atoms with Crippen LogP contribution in [-0.4, -0.2) is 38.2 Å². The third-order valence-corrected chi connectivity index (χ3v) is 7.69. The lowest BCUT2D eigenvalue weighted by Crippen LogP contribution is -2.40. The molecule has 0 spiro atoms. The molecule has 0 saturated heterocycles. The number of aromatic nitrogens is 1. The Morgan fingerprint density at radius 2 is 1.92 bits per heavy atom. The molecule has 11 heteroatoms. The van der Waals surface area contributed by atoms with Crippen molar-refractivity contribution in [3.05, 3.63) is 76.9 Å². The van der Waals surface area contributed by atoms with Gasteiger partial charge in [-0.2, -0.15) is 0 Å². The molecule has 3 heterocycles. The van der Waals surface area contributed by atoms with Gasteiger partial charge in [-0.15, -0.1) is 0 Å². The third-order valence-electron chi connectivity index (χ3n) is 6.02. The number of hydrogen-bond acceptors (Lipinski definition) is 9. The van der Waals surface area contributed by atoms with Gasteiger partial charge in [0.2, 0.25) is 6.79 Å². The van der Waals surface area contributed by atoms with Crippen molar-refractivity contribution >= 4 is 39.3 Å². The third kappa shape index (κ3) is 4.42. The fourth-order valence-electron chi connectivity index (χ4n) is 4.31. The van der Waals surface area contributed by atoms with Crippen molar-refractivity contribution in [2.75, 3.05) is 27.6 Å². The number of esters is 1. The molecule has 2 aliphatic heterocycles. The molecule has 192 valence electrons. The summed E-state index contributed by atoms with van der Waals surface area (Å²) in [6.45, 7) is 3.81. The number of carbonyl (C=O) groups excluding carboxylic acids is 1. The maximum absolute atomic E-state index is 13.8. The van der Waals surface area contributed by atoms with E-state index in [1.54, 1.807) is 51.3 Å². The number of halogens is 1. The van der Waals surface area contributed by atoms with E-state index in [0.29, 0.717) is 43.6 Å². The van der Waals surface area contributed by atoms with Gasteiger partial charge >= 0.3 is 5.97 Å². The van der Waals surface area contributed by atoms with Gasteiger partial charge in [-0.05, 0) is 55.3 Å². The number of fused-ring (bicyclic) bond motifs is 2. The molecule has 0 fully saturated rings. The highest BCUT2D eigenvalue weighted by atomic mass is 79.9. The standard InChI is InChI=1S/C26H23BrN2O7S/c1-5-34-25(31)22-13(2)28-26-29(23(22)14-6-7-17(32-3)18(8-14)33-4)24(30)21(37-26)10-15-9-19-20(11-16(15)27)36-12-35-19/h6-11,23H,5,12H2,1-4H3. The minimum atomic E-state index is -0.766. The van der Waals surface area contributed by atoms with Gasteiger partial charge in [-0.1, -0.05) is 33.3 Å². The highest BCUT2D eigenvalue weighted by molar-refractivity contribution is 9.10. The van der Waals surface area contributed by atoms with Gasteiger partial charge in [-0.25, -0.2) is 9.79 Å². The molecule has 5 rings (SSSR count). The van der Waals surface area contributed by atoms with E-state index in [2.05, 4.69) is 20.9 Å². The summed E-state index contributed by atoms with van der Waals surface area (Å²) >= 11 is 4.79. The summed E-state index contributed by atoms with van der Waals surface area (Å²) in [6, 6.07) is 8.15. The second-order valence-electron chi connectivity index (χ2n) is 8.14. The lowest BCUT2D eigenvalue weighted by Gasteiger charge is -2.25. The lowest BCUT2D eigenvalue weighted by molar-refractivity contribution is -0.139. The molecular formula is C26H23BrN2O7S. The lowest BCUT2D eigenvalue weighted by atomic mass is 9.95. The minimum Gasteiger partial charge on any atom is -0.493 e. The topological polar surface area (TPSA) is 97.6 Å². The van der Waals surface area contributed by atoms with Crippen LogP contribution in [0.4, 0.5) is 0 Å². The molecule has 9 nitrogen and oxygen atoms in total. The molecule has 37 heavy (non-hydrogen) atoms. The Balaban J connectivity index is 1.72. The molecule has 2 aliphatic rings. The second-order valence-corrected chi connectivity index (χ2v) is 10.0. The van der Waals surface area contributed by atoms with Crippen molar-refractivity contribution in [1.82, 2.24) is 4.57 Å². The zero-order valence-corrected chi connectivity index (χ0v) is 22.9. The van der Waals surface area contributed by atoms with Gasteiger partial charge in [0.15, 0.2) is 27.8 Å². The predicted molar refractivity (Wildman–Crippen MR) is 140 cm³/mol. The monoisotopic (exact) mass is 586 g/mol. The van der Waals surface area contributed by atoms with Gasteiger partial charge in [0.05, 0.1) is 42.7 Å². The number of benzene rings is 2. The van der Waals surface area contributed by atoms with Gasteiger partial charge < -0.3 is 23.7 Å². The van der Waals surface area contributed by atoms with E-state index in [1.807, 2.05) is 6.07 Å². The number of allylic oxidation sites excluding steroid dienone is 1. The highest BCUT2D eigenvalue weighted by Crippen LogP contribution is 2.38. The van der Waals surface area contributed by atoms with Crippen LogP contribution in [0.3, 0.4) is 0 Å². The van der Waals surface area contributed by atoms with Crippen molar-refractivity contribution in [3.63, 3.8) is 0 Å². The molecule has 2 aromatic carbocycles. The van der Waals surface area contributed by atoms with Crippen LogP contribution < -0.4 is 33.8 Å². The first-order valence-corrected chi connectivity index (χ1v) is 13.0. The van der Waals surface area contributed by atoms with Crippen LogP contribution in [0, 0.1) is 0 Å².